The zero-order valence-corrected chi connectivity index (χ0v) is 31.7. The van der Waals surface area contributed by atoms with Gasteiger partial charge in [-0.15, -0.1) is 22.7 Å². The molecular weight excluding hydrogens is 727 g/mol. The molecule has 1 aliphatic carbocycles. The molecule has 7 nitrogen and oxygen atoms in total. The van der Waals surface area contributed by atoms with E-state index in [-0.39, 0.29) is 42.5 Å². The number of hydrogen-bond acceptors (Lipinski definition) is 6. The maximum atomic E-state index is 16.1. The number of aliphatic imine (C=N–C) groups is 1. The predicted molar refractivity (Wildman–Crippen MR) is 190 cm³/mol. The summed E-state index contributed by atoms with van der Waals surface area (Å²) in [5, 5.41) is 41.3. The number of alkyl halides is 6. The Hall–Kier alpha value is -3.66. The monoisotopic (exact) mass is 762 g/mol. The number of amidine groups is 2. The van der Waals surface area contributed by atoms with Crippen LogP contribution in [0.25, 0.3) is 31.3 Å². The fraction of sp³-hybridized carbons (Fsp3) is 0.459. The lowest BCUT2D eigenvalue weighted by molar-refractivity contribution is -0.539. The molecule has 276 valence electrons. The highest BCUT2D eigenvalue weighted by molar-refractivity contribution is 7.19. The average molecular weight is 763 g/mol. The van der Waals surface area contributed by atoms with Gasteiger partial charge in [-0.2, -0.15) is 31.4 Å². The van der Waals surface area contributed by atoms with Crippen molar-refractivity contribution in [2.75, 3.05) is 0 Å². The van der Waals surface area contributed by atoms with Crippen LogP contribution in [-0.4, -0.2) is 66.5 Å². The minimum atomic E-state index is -5.78. The summed E-state index contributed by atoms with van der Waals surface area (Å²) < 4.78 is 96.8. The van der Waals surface area contributed by atoms with Gasteiger partial charge in [-0.25, -0.2) is 0 Å². The third-order valence-electron chi connectivity index (χ3n) is 11.9. The van der Waals surface area contributed by atoms with Crippen molar-refractivity contribution in [2.45, 2.75) is 109 Å². The molecule has 2 aromatic heterocycles. The first kappa shape index (κ1) is 36.7. The lowest BCUT2D eigenvalue weighted by Gasteiger charge is -2.35. The Balaban J connectivity index is 1.45. The van der Waals surface area contributed by atoms with Gasteiger partial charge in [0.05, 0.1) is 16.6 Å². The van der Waals surface area contributed by atoms with E-state index in [0.29, 0.717) is 20.1 Å². The second-order valence-electron chi connectivity index (χ2n) is 15.8. The normalized spacial score (nSPS) is 23.8. The van der Waals surface area contributed by atoms with Gasteiger partial charge in [-0.05, 0) is 87.4 Å². The molecule has 0 spiro atoms. The van der Waals surface area contributed by atoms with E-state index in [0.717, 1.165) is 27.7 Å². The van der Waals surface area contributed by atoms with E-state index >= 15 is 26.3 Å². The zero-order chi connectivity index (χ0) is 38.7. The molecule has 52 heavy (non-hydrogen) atoms. The Labute approximate surface area is 304 Å². The van der Waals surface area contributed by atoms with Gasteiger partial charge < -0.3 is 5.21 Å². The molecule has 0 N–H and O–H groups in total. The average Bonchev–Trinajstić information content (AvgIpc) is 3.64. The molecule has 0 fully saturated rings. The molecule has 3 aliphatic rings. The van der Waals surface area contributed by atoms with E-state index in [9.17, 15) is 15.6 Å². The number of hydroxylamine groups is 5. The highest BCUT2D eigenvalue weighted by Crippen LogP contribution is 2.67. The third-order valence-corrected chi connectivity index (χ3v) is 14.0. The van der Waals surface area contributed by atoms with Gasteiger partial charge in [-0.3, -0.25) is 9.73 Å². The summed E-state index contributed by atoms with van der Waals surface area (Å²) in [6.45, 7) is 16.3. The van der Waals surface area contributed by atoms with Gasteiger partial charge in [-0.1, -0.05) is 28.5 Å². The Kier molecular flexibility index (Phi) is 7.42. The maximum absolute atomic E-state index is 16.1. The van der Waals surface area contributed by atoms with Gasteiger partial charge in [0.25, 0.3) is 0 Å². The summed E-state index contributed by atoms with van der Waals surface area (Å²) in [5.74, 6) is -16.5. The summed E-state index contributed by atoms with van der Waals surface area (Å²) >= 11 is 1.87. The minimum absolute atomic E-state index is 0.00146. The van der Waals surface area contributed by atoms with Crippen LogP contribution in [0.15, 0.2) is 41.4 Å². The van der Waals surface area contributed by atoms with Crippen LogP contribution in [0.1, 0.15) is 87.4 Å². The number of allylic oxidation sites excluding steroid dienone is 2. The Morgan fingerprint density at radius 2 is 1.12 bits per heavy atom. The molecule has 0 unspecified atom stereocenters. The summed E-state index contributed by atoms with van der Waals surface area (Å²) in [5.41, 5.74) is -7.28. The van der Waals surface area contributed by atoms with Gasteiger partial charge in [0.2, 0.25) is 0 Å². The first-order valence-corrected chi connectivity index (χ1v) is 18.1. The molecule has 4 heterocycles. The van der Waals surface area contributed by atoms with Gasteiger partial charge in [0.15, 0.2) is 11.4 Å². The van der Waals surface area contributed by atoms with Crippen LogP contribution in [-0.2, 0) is 10.4 Å². The van der Waals surface area contributed by atoms with Gasteiger partial charge in [0, 0.05) is 63.0 Å². The fourth-order valence-corrected chi connectivity index (χ4v) is 9.43. The van der Waals surface area contributed by atoms with E-state index < -0.39 is 62.2 Å². The van der Waals surface area contributed by atoms with Crippen LogP contribution in [0.4, 0.5) is 26.3 Å². The molecule has 2 radical (unpaired) electrons. The van der Waals surface area contributed by atoms with Crippen LogP contribution >= 0.6 is 22.7 Å². The molecule has 0 saturated heterocycles. The quantitative estimate of drug-likeness (QED) is 0.118. The van der Waals surface area contributed by atoms with E-state index in [4.69, 9.17) is 0 Å². The summed E-state index contributed by atoms with van der Waals surface area (Å²) in [4.78, 5) is 4.78. The van der Waals surface area contributed by atoms with Crippen LogP contribution in [0.5, 0.6) is 0 Å². The predicted octanol–water partition coefficient (Wildman–Crippen LogP) is 10.0. The number of thiophene rings is 2. The van der Waals surface area contributed by atoms with Crippen molar-refractivity contribution in [2.24, 2.45) is 4.99 Å². The molecule has 0 amide bonds. The largest absolute Gasteiger partial charge is 0.714 e. The van der Waals surface area contributed by atoms with Crippen molar-refractivity contribution in [3.05, 3.63) is 73.6 Å². The number of rotatable bonds is 4. The number of benzene rings is 2. The molecule has 2 aliphatic heterocycles. The number of hydrogen-bond donors (Lipinski definition) is 0. The molecule has 2 aromatic carbocycles. The first-order valence-electron chi connectivity index (χ1n) is 16.5. The number of halogens is 6. The number of nitrogens with zero attached hydrogens (tertiary/aromatic N) is 4. The Morgan fingerprint density at radius 3 is 1.52 bits per heavy atom. The highest BCUT2D eigenvalue weighted by atomic mass is 32.1. The minimum Gasteiger partial charge on any atom is -0.714 e. The van der Waals surface area contributed by atoms with Crippen LogP contribution in [0.2, 0.25) is 0 Å². The number of aryl methyl sites for hydroxylation is 2. The van der Waals surface area contributed by atoms with E-state index in [2.05, 4.69) is 4.99 Å². The summed E-state index contributed by atoms with van der Waals surface area (Å²) in [6, 6.07) is 8.43. The smallest absolute Gasteiger partial charge is 0.380 e. The first-order chi connectivity index (χ1) is 23.7. The SMILES string of the molecule is Cc1sc2cc(C3=NC(C)(C)C(C)(C)N3[O])ccc2c1C1=C(c2c(C)sc3cc(C4=[N+]([O-])C(C)(C)C(C)(C)N4[O])ccc23)C(F)(F)C(F)(F)C1(F)F. The lowest BCUT2D eigenvalue weighted by atomic mass is 9.84. The Bertz CT molecular complexity index is 2330. The lowest BCUT2D eigenvalue weighted by Crippen LogP contribution is -2.53. The molecule has 0 bridgehead atoms. The zero-order valence-electron chi connectivity index (χ0n) is 30.1. The second kappa shape index (κ2) is 10.5. The molecule has 7 rings (SSSR count). The Morgan fingerprint density at radius 1 is 0.673 bits per heavy atom. The second-order valence-corrected chi connectivity index (χ2v) is 18.4. The molecule has 4 aromatic rings. The van der Waals surface area contributed by atoms with Crippen molar-refractivity contribution >= 4 is 65.7 Å². The third kappa shape index (κ3) is 4.27. The highest BCUT2D eigenvalue weighted by Gasteiger charge is 2.80. The van der Waals surface area contributed by atoms with Crippen molar-refractivity contribution in [1.82, 2.24) is 10.1 Å². The summed E-state index contributed by atoms with van der Waals surface area (Å²) in [7, 11) is 0. The molecule has 0 saturated carbocycles. The fourth-order valence-electron chi connectivity index (χ4n) is 7.21. The van der Waals surface area contributed by atoms with E-state index in [1.165, 1.54) is 50.2 Å². The van der Waals surface area contributed by atoms with Crippen molar-refractivity contribution in [3.63, 3.8) is 0 Å². The van der Waals surface area contributed by atoms with Gasteiger partial charge in [0.1, 0.15) is 5.54 Å². The van der Waals surface area contributed by atoms with Crippen molar-refractivity contribution in [3.8, 4) is 0 Å². The van der Waals surface area contributed by atoms with Crippen LogP contribution in [0.3, 0.4) is 0 Å². The summed E-state index contributed by atoms with van der Waals surface area (Å²) in [6.07, 6.45) is 0. The topological polar surface area (TPSA) is 84.7 Å². The van der Waals surface area contributed by atoms with Gasteiger partial charge >= 0.3 is 23.6 Å². The molecular formula is C37H36F6N4O3S2. The number of fused-ring (bicyclic) bond motifs is 2. The van der Waals surface area contributed by atoms with E-state index in [1.807, 2.05) is 0 Å². The van der Waals surface area contributed by atoms with Crippen LogP contribution in [0, 0.1) is 19.1 Å². The molecule has 0 atom stereocenters. The molecule has 15 heteroatoms. The van der Waals surface area contributed by atoms with Crippen molar-refractivity contribution < 1.29 is 41.5 Å². The van der Waals surface area contributed by atoms with Crippen LogP contribution < -0.4 is 0 Å². The maximum Gasteiger partial charge on any atom is 0.380 e. The van der Waals surface area contributed by atoms with E-state index in [1.54, 1.807) is 55.4 Å². The standard InChI is InChI=1S/C37H36F6N4O3S2/c1-17-25(21-13-11-19(15-23(21)51-17)29-44-31(3,4)32(5,6)45(29)48)27-28(36(40,41)37(42,43)35(27,38)39)26-18(2)52-24-16-20(12-14-22(24)26)30-46(49)33(7,8)34(9,10)47(30)50/h11-16H,1-10H3. The van der Waals surface area contributed by atoms with Crippen molar-refractivity contribution in [1.29, 1.82) is 0 Å².